The van der Waals surface area contributed by atoms with E-state index in [0.29, 0.717) is 39.1 Å². The van der Waals surface area contributed by atoms with Gasteiger partial charge < -0.3 is 24.8 Å². The molecule has 0 radical (unpaired) electrons. The van der Waals surface area contributed by atoms with Gasteiger partial charge in [0.05, 0.1) is 0 Å². The molecule has 0 bridgehead atoms. The SMILES string of the molecule is CCc1cccc(NC(=O)N(CCCOC)CC(=O)N(CCc2c[nH]c3ccccc23)Cc2ccccc2)c1. The van der Waals surface area contributed by atoms with Gasteiger partial charge in [0.15, 0.2) is 0 Å². The van der Waals surface area contributed by atoms with Crippen molar-refractivity contribution < 1.29 is 14.3 Å². The number of methoxy groups -OCH3 is 1. The fourth-order valence-electron chi connectivity index (χ4n) is 4.68. The number of ether oxygens (including phenoxy) is 1. The van der Waals surface area contributed by atoms with E-state index in [1.165, 1.54) is 10.9 Å². The highest BCUT2D eigenvalue weighted by Crippen LogP contribution is 2.19. The number of fused-ring (bicyclic) bond motifs is 1. The Hall–Kier alpha value is -4.10. The van der Waals surface area contributed by atoms with Gasteiger partial charge in [-0.2, -0.15) is 0 Å². The van der Waals surface area contributed by atoms with Crippen LogP contribution in [0.5, 0.6) is 0 Å². The second-order valence-electron chi connectivity index (χ2n) is 9.66. The monoisotopic (exact) mass is 526 g/mol. The van der Waals surface area contributed by atoms with Crippen LogP contribution in [0, 0.1) is 0 Å². The van der Waals surface area contributed by atoms with Crippen molar-refractivity contribution in [3.63, 3.8) is 0 Å². The number of amides is 3. The van der Waals surface area contributed by atoms with Gasteiger partial charge in [-0.1, -0.05) is 67.6 Å². The van der Waals surface area contributed by atoms with E-state index >= 15 is 0 Å². The molecule has 4 aromatic rings. The zero-order valence-electron chi connectivity index (χ0n) is 22.9. The maximum absolute atomic E-state index is 13.7. The first-order chi connectivity index (χ1) is 19.1. The fourth-order valence-corrected chi connectivity index (χ4v) is 4.68. The number of aryl methyl sites for hydroxylation is 1. The van der Waals surface area contributed by atoms with E-state index in [4.69, 9.17) is 4.74 Å². The molecule has 7 nitrogen and oxygen atoms in total. The highest BCUT2D eigenvalue weighted by molar-refractivity contribution is 5.92. The molecule has 0 saturated heterocycles. The molecule has 0 aliphatic carbocycles. The first kappa shape index (κ1) is 27.9. The van der Waals surface area contributed by atoms with Crippen molar-refractivity contribution in [1.29, 1.82) is 0 Å². The number of aromatic nitrogens is 1. The lowest BCUT2D eigenvalue weighted by molar-refractivity contribution is -0.132. The minimum Gasteiger partial charge on any atom is -0.385 e. The maximum Gasteiger partial charge on any atom is 0.322 e. The lowest BCUT2D eigenvalue weighted by atomic mass is 10.1. The van der Waals surface area contributed by atoms with Gasteiger partial charge in [0.1, 0.15) is 6.54 Å². The van der Waals surface area contributed by atoms with Crippen molar-refractivity contribution in [2.45, 2.75) is 32.7 Å². The number of benzene rings is 3. The average Bonchev–Trinajstić information content (AvgIpc) is 3.38. The second kappa shape index (κ2) is 14.2. The van der Waals surface area contributed by atoms with E-state index in [9.17, 15) is 9.59 Å². The Morgan fingerprint density at radius 2 is 1.67 bits per heavy atom. The first-order valence-corrected chi connectivity index (χ1v) is 13.6. The predicted molar refractivity (Wildman–Crippen MR) is 157 cm³/mol. The number of para-hydroxylation sites is 1. The second-order valence-corrected chi connectivity index (χ2v) is 9.66. The number of rotatable bonds is 13. The first-order valence-electron chi connectivity index (χ1n) is 13.6. The topological polar surface area (TPSA) is 77.7 Å². The molecule has 0 aliphatic heterocycles. The Labute approximate surface area is 230 Å². The number of carbonyl (C=O) groups is 2. The summed E-state index contributed by atoms with van der Waals surface area (Å²) in [5, 5.41) is 4.15. The zero-order chi connectivity index (χ0) is 27.5. The maximum atomic E-state index is 13.7. The van der Waals surface area contributed by atoms with Crippen LogP contribution in [-0.2, 0) is 28.9 Å². The molecule has 2 N–H and O–H groups in total. The van der Waals surface area contributed by atoms with Gasteiger partial charge in [0, 0.05) is 56.1 Å². The van der Waals surface area contributed by atoms with Crippen molar-refractivity contribution in [3.8, 4) is 0 Å². The van der Waals surface area contributed by atoms with Crippen LogP contribution in [0.25, 0.3) is 10.9 Å². The molecule has 204 valence electrons. The van der Waals surface area contributed by atoms with Crippen molar-refractivity contribution >= 4 is 28.5 Å². The van der Waals surface area contributed by atoms with Crippen LogP contribution in [0.3, 0.4) is 0 Å². The van der Waals surface area contributed by atoms with Crippen LogP contribution in [0.2, 0.25) is 0 Å². The van der Waals surface area contributed by atoms with Crippen LogP contribution in [0.15, 0.2) is 85.1 Å². The summed E-state index contributed by atoms with van der Waals surface area (Å²) in [6.45, 7) is 4.02. The van der Waals surface area contributed by atoms with E-state index < -0.39 is 0 Å². The summed E-state index contributed by atoms with van der Waals surface area (Å²) >= 11 is 0. The number of carbonyl (C=O) groups excluding carboxylic acids is 2. The van der Waals surface area contributed by atoms with E-state index in [1.54, 1.807) is 12.0 Å². The third kappa shape index (κ3) is 7.94. The minimum absolute atomic E-state index is 0.0102. The highest BCUT2D eigenvalue weighted by atomic mass is 16.5. The average molecular weight is 527 g/mol. The fraction of sp³-hybridized carbons (Fsp3) is 0.312. The summed E-state index contributed by atoms with van der Waals surface area (Å²) in [6.07, 6.45) is 4.25. The lowest BCUT2D eigenvalue weighted by Gasteiger charge is -2.28. The van der Waals surface area contributed by atoms with Gasteiger partial charge in [-0.25, -0.2) is 4.79 Å². The normalized spacial score (nSPS) is 10.9. The van der Waals surface area contributed by atoms with Crippen molar-refractivity contribution in [3.05, 3.63) is 102 Å². The number of hydrogen-bond acceptors (Lipinski definition) is 3. The third-order valence-corrected chi connectivity index (χ3v) is 6.87. The van der Waals surface area contributed by atoms with Gasteiger partial charge in [-0.05, 0) is 54.2 Å². The van der Waals surface area contributed by atoms with Gasteiger partial charge in [0.25, 0.3) is 0 Å². The number of anilines is 1. The van der Waals surface area contributed by atoms with E-state index in [0.717, 1.165) is 28.8 Å². The molecule has 39 heavy (non-hydrogen) atoms. The number of urea groups is 1. The molecular weight excluding hydrogens is 488 g/mol. The Bertz CT molecular complexity index is 1350. The third-order valence-electron chi connectivity index (χ3n) is 6.87. The smallest absolute Gasteiger partial charge is 0.322 e. The number of hydrogen-bond donors (Lipinski definition) is 2. The van der Waals surface area contributed by atoms with Gasteiger partial charge in [-0.15, -0.1) is 0 Å². The largest absolute Gasteiger partial charge is 0.385 e. The van der Waals surface area contributed by atoms with Crippen LogP contribution < -0.4 is 5.32 Å². The molecule has 0 saturated carbocycles. The molecule has 0 atom stereocenters. The number of nitrogens with one attached hydrogen (secondary N) is 2. The summed E-state index contributed by atoms with van der Waals surface area (Å²) in [4.78, 5) is 33.8. The van der Waals surface area contributed by atoms with Crippen LogP contribution in [0.1, 0.15) is 30.0 Å². The Kier molecular flexibility index (Phi) is 10.1. The molecule has 1 heterocycles. The molecule has 3 aromatic carbocycles. The Balaban J connectivity index is 1.49. The zero-order valence-corrected chi connectivity index (χ0v) is 22.9. The standard InChI is InChI=1S/C32H38N4O3/c1-3-25-13-9-14-28(21-25)34-32(38)36(18-10-20-39-2)24-31(37)35(23-26-11-5-4-6-12-26)19-17-27-22-33-30-16-8-7-15-29(27)30/h4-9,11-16,21-22,33H,3,10,17-20,23-24H2,1-2H3,(H,34,38). The summed E-state index contributed by atoms with van der Waals surface area (Å²) in [5.74, 6) is -0.0893. The van der Waals surface area contributed by atoms with Crippen molar-refractivity contribution in [2.75, 3.05) is 38.7 Å². The summed E-state index contributed by atoms with van der Waals surface area (Å²) in [7, 11) is 1.64. The molecular formula is C32H38N4O3. The molecule has 4 rings (SSSR count). The van der Waals surface area contributed by atoms with Crippen molar-refractivity contribution in [2.24, 2.45) is 0 Å². The van der Waals surface area contributed by atoms with Gasteiger partial charge in [-0.3, -0.25) is 4.79 Å². The quantitative estimate of drug-likeness (QED) is 0.214. The summed E-state index contributed by atoms with van der Waals surface area (Å²) in [5.41, 5.74) is 5.17. The summed E-state index contributed by atoms with van der Waals surface area (Å²) in [6, 6.07) is 25.7. The van der Waals surface area contributed by atoms with Crippen LogP contribution >= 0.6 is 0 Å². The van der Waals surface area contributed by atoms with Crippen LogP contribution in [-0.4, -0.2) is 60.1 Å². The highest BCUT2D eigenvalue weighted by Gasteiger charge is 2.22. The van der Waals surface area contributed by atoms with Crippen molar-refractivity contribution in [1.82, 2.24) is 14.8 Å². The van der Waals surface area contributed by atoms with Gasteiger partial charge in [0.2, 0.25) is 5.91 Å². The lowest BCUT2D eigenvalue weighted by Crippen LogP contribution is -2.45. The molecule has 3 amide bonds. The minimum atomic E-state index is -0.288. The Morgan fingerprint density at radius 3 is 2.46 bits per heavy atom. The Morgan fingerprint density at radius 1 is 0.897 bits per heavy atom. The molecule has 1 aromatic heterocycles. The van der Waals surface area contributed by atoms with E-state index in [2.05, 4.69) is 29.4 Å². The number of nitrogens with zero attached hydrogens (tertiary/aromatic N) is 2. The predicted octanol–water partition coefficient (Wildman–Crippen LogP) is 5.87. The molecule has 0 fully saturated rings. The van der Waals surface area contributed by atoms with Crippen LogP contribution in [0.4, 0.5) is 10.5 Å². The molecule has 0 aliphatic rings. The molecule has 7 heteroatoms. The van der Waals surface area contributed by atoms with Gasteiger partial charge >= 0.3 is 6.03 Å². The number of aromatic amines is 1. The van der Waals surface area contributed by atoms with E-state index in [-0.39, 0.29) is 18.5 Å². The summed E-state index contributed by atoms with van der Waals surface area (Å²) < 4.78 is 5.21. The number of H-pyrrole nitrogens is 1. The molecule has 0 unspecified atom stereocenters. The molecule has 0 spiro atoms. The van der Waals surface area contributed by atoms with E-state index in [1.807, 2.05) is 77.8 Å².